The summed E-state index contributed by atoms with van der Waals surface area (Å²) >= 11 is 0. The van der Waals surface area contributed by atoms with Gasteiger partial charge in [-0.15, -0.1) is 0 Å². The molecule has 2 rings (SSSR count). The van der Waals surface area contributed by atoms with E-state index in [1.807, 2.05) is 0 Å². The molecular formula is C18H16F18O5. The van der Waals surface area contributed by atoms with Gasteiger partial charge in [-0.25, -0.2) is 0 Å². The van der Waals surface area contributed by atoms with E-state index >= 15 is 0 Å². The summed E-state index contributed by atoms with van der Waals surface area (Å²) in [6, 6.07) is 0. The molecule has 0 radical (unpaired) electrons. The zero-order valence-electron chi connectivity index (χ0n) is 19.4. The largest absolute Gasteiger partial charge is 0.416 e. The first-order valence-corrected chi connectivity index (χ1v) is 10.6. The van der Waals surface area contributed by atoms with Crippen molar-refractivity contribution < 1.29 is 103 Å². The molecule has 4 atom stereocenters. The quantitative estimate of drug-likeness (QED) is 0.217. The van der Waals surface area contributed by atoms with Gasteiger partial charge in [0.25, 0.3) is 0 Å². The Morgan fingerprint density at radius 2 is 0.659 bits per heavy atom. The predicted octanol–water partition coefficient (Wildman–Crippen LogP) is 5.92. The second kappa shape index (κ2) is 11.2. The number of alkyl halides is 18. The van der Waals surface area contributed by atoms with E-state index < -0.39 is 112 Å². The molecule has 2 heterocycles. The van der Waals surface area contributed by atoms with Crippen LogP contribution in [0.2, 0.25) is 0 Å². The summed E-state index contributed by atoms with van der Waals surface area (Å²) in [7, 11) is 0. The van der Waals surface area contributed by atoms with Crippen LogP contribution in [0.1, 0.15) is 0 Å². The van der Waals surface area contributed by atoms with Crippen molar-refractivity contribution in [3.8, 4) is 0 Å². The molecule has 0 bridgehead atoms. The molecule has 0 saturated carbocycles. The Bertz CT molecular complexity index is 772. The fourth-order valence-corrected chi connectivity index (χ4v) is 4.33. The minimum Gasteiger partial charge on any atom is -0.377 e. The van der Waals surface area contributed by atoms with Crippen LogP contribution in [-0.4, -0.2) is 101 Å². The number of rotatable bonds is 10. The van der Waals surface area contributed by atoms with Gasteiger partial charge in [-0.3, -0.25) is 0 Å². The van der Waals surface area contributed by atoms with Gasteiger partial charge in [-0.1, -0.05) is 0 Å². The van der Waals surface area contributed by atoms with E-state index in [0.29, 0.717) is 0 Å². The summed E-state index contributed by atoms with van der Waals surface area (Å²) in [5, 5.41) is 0. The average molecular weight is 654 g/mol. The van der Waals surface area contributed by atoms with E-state index in [2.05, 4.69) is 23.7 Å². The third-order valence-corrected chi connectivity index (χ3v) is 6.20. The zero-order chi connectivity index (χ0) is 32.1. The van der Waals surface area contributed by atoms with Crippen molar-refractivity contribution in [1.29, 1.82) is 0 Å². The Kier molecular flexibility index (Phi) is 9.79. The molecule has 2 fully saturated rings. The Balaban J connectivity index is 1.84. The highest BCUT2D eigenvalue weighted by Gasteiger charge is 2.89. The van der Waals surface area contributed by atoms with Crippen molar-refractivity contribution in [2.75, 3.05) is 39.6 Å². The zero-order valence-corrected chi connectivity index (χ0v) is 19.4. The fourth-order valence-electron chi connectivity index (χ4n) is 4.33. The van der Waals surface area contributed by atoms with Crippen LogP contribution in [-0.2, 0) is 23.7 Å². The first-order chi connectivity index (χ1) is 18.2. The lowest BCUT2D eigenvalue weighted by molar-refractivity contribution is -0.494. The monoisotopic (exact) mass is 654 g/mol. The highest BCUT2D eigenvalue weighted by Crippen LogP contribution is 2.66. The van der Waals surface area contributed by atoms with E-state index in [4.69, 9.17) is 0 Å². The maximum Gasteiger partial charge on any atom is 0.416 e. The van der Waals surface area contributed by atoms with Crippen molar-refractivity contribution in [3.63, 3.8) is 0 Å². The maximum absolute atomic E-state index is 13.2. The van der Waals surface area contributed by atoms with Crippen LogP contribution in [0.15, 0.2) is 0 Å². The minimum absolute atomic E-state index is 0.741. The highest BCUT2D eigenvalue weighted by molar-refractivity contribution is 5.14. The molecular weight excluding hydrogens is 638 g/mol. The van der Waals surface area contributed by atoms with Gasteiger partial charge in [0.05, 0.1) is 39.6 Å². The van der Waals surface area contributed by atoms with Gasteiger partial charge < -0.3 is 23.7 Å². The number of hydrogen-bond acceptors (Lipinski definition) is 5. The lowest BCUT2D eigenvalue weighted by Crippen LogP contribution is -2.77. The van der Waals surface area contributed by atoms with Crippen molar-refractivity contribution in [1.82, 2.24) is 0 Å². The van der Waals surface area contributed by atoms with Gasteiger partial charge in [0.1, 0.15) is 12.2 Å². The lowest BCUT2D eigenvalue weighted by atomic mass is 9.69. The molecule has 2 saturated heterocycles. The molecule has 244 valence electrons. The second-order valence-electron chi connectivity index (χ2n) is 8.58. The topological polar surface area (TPSA) is 46.2 Å². The SMILES string of the molecule is FC(F)(F)C1OC(COCCOCCOCC2O[C@@H](C(F)(F)F)C2(C(F)(F)F)C(F)(F)F)C1(C(F)(F)F)C(F)(F)F. The molecule has 5 nitrogen and oxygen atoms in total. The minimum atomic E-state index is -6.47. The number of halogens is 18. The predicted molar refractivity (Wildman–Crippen MR) is 91.0 cm³/mol. The fraction of sp³-hybridized carbons (Fsp3) is 1.00. The molecule has 0 aromatic heterocycles. The summed E-state index contributed by atoms with van der Waals surface area (Å²) in [6.45, 7) is -6.55. The van der Waals surface area contributed by atoms with Gasteiger partial charge in [-0.2, -0.15) is 79.0 Å². The van der Waals surface area contributed by atoms with Gasteiger partial charge >= 0.3 is 37.1 Å². The molecule has 0 spiro atoms. The Hall–Kier alpha value is -1.46. The number of ether oxygens (including phenoxy) is 5. The summed E-state index contributed by atoms with van der Waals surface area (Å²) < 4.78 is 256. The standard InChI is InChI=1S/C18H16F18O5/c19-13(20,21)9-11(15(25,26)27,16(28,29)30)7(40-9)5-38-3-1-37-2-4-39-6-8-12(17(31,32)33,18(34,35)36)10(41-8)14(22,23)24/h7-10H,1-6H2/t7?,8?,9-,10?/m1/s1. The molecule has 0 aromatic rings. The molecule has 2 aliphatic rings. The molecule has 0 amide bonds. The number of hydrogen-bond donors (Lipinski definition) is 0. The summed E-state index contributed by atoms with van der Waals surface area (Å²) in [6.07, 6.45) is -52.8. The van der Waals surface area contributed by atoms with Crippen molar-refractivity contribution in [2.24, 2.45) is 10.8 Å². The average Bonchev–Trinajstić information content (AvgIpc) is 2.63. The van der Waals surface area contributed by atoms with Crippen molar-refractivity contribution >= 4 is 0 Å². The van der Waals surface area contributed by atoms with Gasteiger partial charge in [-0.05, 0) is 0 Å². The van der Waals surface area contributed by atoms with Gasteiger partial charge in [0.15, 0.2) is 12.2 Å². The molecule has 41 heavy (non-hydrogen) atoms. The van der Waals surface area contributed by atoms with Crippen LogP contribution < -0.4 is 0 Å². The van der Waals surface area contributed by atoms with Gasteiger partial charge in [0.2, 0.25) is 10.8 Å². The first kappa shape index (κ1) is 35.7. The van der Waals surface area contributed by atoms with Crippen molar-refractivity contribution in [2.45, 2.75) is 61.5 Å². The molecule has 2 aliphatic heterocycles. The van der Waals surface area contributed by atoms with Crippen LogP contribution >= 0.6 is 0 Å². The first-order valence-electron chi connectivity index (χ1n) is 10.6. The molecule has 23 heteroatoms. The Morgan fingerprint density at radius 3 is 0.878 bits per heavy atom. The van der Waals surface area contributed by atoms with E-state index in [9.17, 15) is 79.0 Å². The van der Waals surface area contributed by atoms with E-state index in [1.165, 1.54) is 0 Å². The maximum atomic E-state index is 13.2. The van der Waals surface area contributed by atoms with Gasteiger partial charge in [0, 0.05) is 0 Å². The van der Waals surface area contributed by atoms with E-state index in [1.54, 1.807) is 0 Å². The van der Waals surface area contributed by atoms with Crippen molar-refractivity contribution in [3.05, 3.63) is 0 Å². The van der Waals surface area contributed by atoms with Crippen LogP contribution in [0.25, 0.3) is 0 Å². The molecule has 0 aromatic carbocycles. The normalized spacial score (nSPS) is 27.4. The molecule has 0 N–H and O–H groups in total. The van der Waals surface area contributed by atoms with Crippen LogP contribution in [0.4, 0.5) is 79.0 Å². The highest BCUT2D eigenvalue weighted by atomic mass is 19.4. The Morgan fingerprint density at radius 1 is 0.415 bits per heavy atom. The Labute approximate surface area is 215 Å². The lowest BCUT2D eigenvalue weighted by Gasteiger charge is -2.55. The summed E-state index contributed by atoms with van der Waals surface area (Å²) in [4.78, 5) is 0. The van der Waals surface area contributed by atoms with E-state index in [-0.39, 0.29) is 0 Å². The van der Waals surface area contributed by atoms with Crippen LogP contribution in [0.5, 0.6) is 0 Å². The second-order valence-corrected chi connectivity index (χ2v) is 8.58. The van der Waals surface area contributed by atoms with Crippen LogP contribution in [0.3, 0.4) is 0 Å². The third kappa shape index (κ3) is 6.28. The smallest absolute Gasteiger partial charge is 0.377 e. The van der Waals surface area contributed by atoms with E-state index in [0.717, 1.165) is 0 Å². The summed E-state index contributed by atoms with van der Waals surface area (Å²) in [5.41, 5.74) is -10.7. The van der Waals surface area contributed by atoms with Crippen LogP contribution in [0, 0.1) is 10.8 Å². The molecule has 3 unspecified atom stereocenters. The third-order valence-electron chi connectivity index (χ3n) is 6.20. The molecule has 0 aliphatic carbocycles. The summed E-state index contributed by atoms with van der Waals surface area (Å²) in [5.74, 6) is 0.